The summed E-state index contributed by atoms with van der Waals surface area (Å²) in [4.78, 5) is 40.2. The highest BCUT2D eigenvalue weighted by Gasteiger charge is 2.23. The quantitative estimate of drug-likeness (QED) is 0.224. The van der Waals surface area contributed by atoms with E-state index in [1.807, 2.05) is 49.1 Å². The lowest BCUT2D eigenvalue weighted by Crippen LogP contribution is -2.29. The zero-order chi connectivity index (χ0) is 29.5. The molecule has 3 aromatic rings. The molecule has 11 heteroatoms. The minimum Gasteiger partial charge on any atom is -0.494 e. The van der Waals surface area contributed by atoms with Gasteiger partial charge in [-0.3, -0.25) is 9.59 Å². The maximum Gasteiger partial charge on any atom is 0.247 e. The molecule has 1 saturated heterocycles. The van der Waals surface area contributed by atoms with Crippen molar-refractivity contribution >= 4 is 40.4 Å². The minimum atomic E-state index is -0.498. The summed E-state index contributed by atoms with van der Waals surface area (Å²) in [6, 6.07) is 12.3. The van der Waals surface area contributed by atoms with E-state index in [-0.39, 0.29) is 23.3 Å². The number of ether oxygens (including phenoxy) is 1. The summed E-state index contributed by atoms with van der Waals surface area (Å²) >= 11 is 0. The predicted molar refractivity (Wildman–Crippen MR) is 161 cm³/mol. The molecule has 0 aliphatic carbocycles. The number of hydrogen-bond acceptors (Lipinski definition) is 10. The van der Waals surface area contributed by atoms with Crippen molar-refractivity contribution < 1.29 is 19.4 Å². The highest BCUT2D eigenvalue weighted by Crippen LogP contribution is 2.38. The average molecular weight is 560 g/mol. The van der Waals surface area contributed by atoms with Crippen molar-refractivity contribution in [3.8, 4) is 5.75 Å². The maximum atomic E-state index is 13.2. The van der Waals surface area contributed by atoms with Gasteiger partial charge in [-0.2, -0.15) is 0 Å². The number of aliphatic hydroxyl groups excluding tert-OH is 1. The van der Waals surface area contributed by atoms with Crippen molar-refractivity contribution in [2.24, 2.45) is 0 Å². The smallest absolute Gasteiger partial charge is 0.247 e. The lowest BCUT2D eigenvalue weighted by atomic mass is 10.1. The molecule has 2 heterocycles. The van der Waals surface area contributed by atoms with Gasteiger partial charge in [-0.25, -0.2) is 9.97 Å². The van der Waals surface area contributed by atoms with Crippen molar-refractivity contribution in [1.82, 2.24) is 14.9 Å². The largest absolute Gasteiger partial charge is 0.494 e. The zero-order valence-electron chi connectivity index (χ0n) is 23.9. The minimum absolute atomic E-state index is 0.195. The topological polar surface area (TPSA) is 123 Å². The normalized spacial score (nSPS) is 14.6. The molecular weight excluding hydrogens is 522 g/mol. The van der Waals surface area contributed by atoms with Gasteiger partial charge in [-0.05, 0) is 69.4 Å². The molecule has 11 nitrogen and oxygen atoms in total. The van der Waals surface area contributed by atoms with Crippen molar-refractivity contribution in [3.05, 3.63) is 72.6 Å². The number of methoxy groups -OCH3 is 1. The van der Waals surface area contributed by atoms with Crippen LogP contribution in [0.5, 0.6) is 5.75 Å². The predicted octanol–water partition coefficient (Wildman–Crippen LogP) is 3.50. The Hall–Kier alpha value is -4.48. The van der Waals surface area contributed by atoms with Crippen LogP contribution >= 0.6 is 0 Å². The average Bonchev–Trinajstić information content (AvgIpc) is 3.41. The Labute approximate surface area is 240 Å². The molecule has 0 spiro atoms. The van der Waals surface area contributed by atoms with E-state index in [1.165, 1.54) is 12.3 Å². The number of benzene rings is 2. The number of rotatable bonds is 12. The number of nitrogens with zero attached hydrogens (tertiary/aromatic N) is 5. The monoisotopic (exact) mass is 559 g/mol. The molecule has 41 heavy (non-hydrogen) atoms. The van der Waals surface area contributed by atoms with Crippen LogP contribution in [0, 0.1) is 0 Å². The van der Waals surface area contributed by atoms with Crippen molar-refractivity contribution in [2.75, 3.05) is 68.3 Å². The number of carbonyl (C=O) groups excluding carboxylic acids is 2. The fraction of sp³-hybridized carbons (Fsp3) is 0.333. The van der Waals surface area contributed by atoms with E-state index in [9.17, 15) is 14.7 Å². The molecule has 216 valence electrons. The highest BCUT2D eigenvalue weighted by molar-refractivity contribution is 6.08. The number of ketones is 1. The van der Waals surface area contributed by atoms with Crippen LogP contribution in [0.1, 0.15) is 28.9 Å². The number of carbonyl (C=O) groups is 2. The second-order valence-corrected chi connectivity index (χ2v) is 10.1. The zero-order valence-corrected chi connectivity index (χ0v) is 23.9. The van der Waals surface area contributed by atoms with Crippen molar-refractivity contribution in [2.45, 2.75) is 19.1 Å². The van der Waals surface area contributed by atoms with Gasteiger partial charge in [0.05, 0.1) is 24.2 Å². The SMILES string of the molecule is C=CC(=O)Nc1cc(Nc2nccc(C(=O)c3ccc(N4CCCC4O)cc3)n2)c(OC)cc1N(C)CCN(C)C. The van der Waals surface area contributed by atoms with Gasteiger partial charge >= 0.3 is 0 Å². The maximum absolute atomic E-state index is 13.2. The molecule has 1 aliphatic heterocycles. The molecule has 0 saturated carbocycles. The third-order valence-corrected chi connectivity index (χ3v) is 6.87. The van der Waals surface area contributed by atoms with Crippen LogP contribution in [0.15, 0.2) is 61.3 Å². The summed E-state index contributed by atoms with van der Waals surface area (Å²) in [5.74, 6) is 0.0965. The Morgan fingerprint density at radius 3 is 2.54 bits per heavy atom. The lowest BCUT2D eigenvalue weighted by molar-refractivity contribution is -0.111. The number of nitrogens with one attached hydrogen (secondary N) is 2. The van der Waals surface area contributed by atoms with Gasteiger partial charge in [-0.1, -0.05) is 6.58 Å². The highest BCUT2D eigenvalue weighted by atomic mass is 16.5. The van der Waals surface area contributed by atoms with E-state index < -0.39 is 6.23 Å². The Kier molecular flexibility index (Phi) is 9.53. The molecule has 3 N–H and O–H groups in total. The molecule has 0 bridgehead atoms. The first-order chi connectivity index (χ1) is 19.7. The van der Waals surface area contributed by atoms with E-state index in [0.29, 0.717) is 29.2 Å². The number of hydrogen-bond donors (Lipinski definition) is 3. The number of anilines is 5. The summed E-state index contributed by atoms with van der Waals surface area (Å²) < 4.78 is 5.65. The first-order valence-electron chi connectivity index (χ1n) is 13.4. The second-order valence-electron chi connectivity index (χ2n) is 10.1. The van der Waals surface area contributed by atoms with Gasteiger partial charge < -0.3 is 35.2 Å². The van der Waals surface area contributed by atoms with E-state index in [4.69, 9.17) is 4.74 Å². The van der Waals surface area contributed by atoms with Crippen LogP contribution in [0.25, 0.3) is 0 Å². The van der Waals surface area contributed by atoms with Gasteiger partial charge in [0.1, 0.15) is 17.7 Å². The molecule has 1 aliphatic rings. The van der Waals surface area contributed by atoms with Crippen LogP contribution in [0.2, 0.25) is 0 Å². The van der Waals surface area contributed by atoms with E-state index in [0.717, 1.165) is 37.3 Å². The first kappa shape index (κ1) is 29.5. The number of likely N-dealkylation sites (N-methyl/N-ethyl adjacent to an activating group) is 2. The Morgan fingerprint density at radius 2 is 1.90 bits per heavy atom. The van der Waals surface area contributed by atoms with Crippen LogP contribution in [0.4, 0.5) is 28.7 Å². The third-order valence-electron chi connectivity index (χ3n) is 6.87. The summed E-state index contributed by atoms with van der Waals surface area (Å²) in [6.07, 6.45) is 3.89. The Morgan fingerprint density at radius 1 is 1.15 bits per heavy atom. The molecule has 4 rings (SSSR count). The van der Waals surface area contributed by atoms with Crippen LogP contribution in [0.3, 0.4) is 0 Å². The van der Waals surface area contributed by atoms with Crippen molar-refractivity contribution in [1.29, 1.82) is 0 Å². The van der Waals surface area contributed by atoms with Gasteiger partial charge in [0, 0.05) is 50.2 Å². The Balaban J connectivity index is 1.58. The van der Waals surface area contributed by atoms with Crippen LogP contribution in [-0.4, -0.2) is 85.8 Å². The summed E-state index contributed by atoms with van der Waals surface area (Å²) in [6.45, 7) is 5.86. The lowest BCUT2D eigenvalue weighted by Gasteiger charge is -2.26. The van der Waals surface area contributed by atoms with E-state index in [1.54, 1.807) is 31.4 Å². The van der Waals surface area contributed by atoms with Crippen LogP contribution in [-0.2, 0) is 4.79 Å². The van der Waals surface area contributed by atoms with E-state index in [2.05, 4.69) is 32.1 Å². The number of aliphatic hydroxyl groups is 1. The molecule has 1 unspecified atom stereocenters. The molecule has 1 amide bonds. The van der Waals surface area contributed by atoms with Crippen LogP contribution < -0.4 is 25.2 Å². The van der Waals surface area contributed by atoms with Gasteiger partial charge in [0.25, 0.3) is 0 Å². The number of aromatic nitrogens is 2. The molecule has 0 radical (unpaired) electrons. The molecule has 2 aromatic carbocycles. The molecule has 1 atom stereocenters. The molecule has 1 aromatic heterocycles. The molecule has 1 fully saturated rings. The fourth-order valence-corrected chi connectivity index (χ4v) is 4.57. The van der Waals surface area contributed by atoms with Crippen molar-refractivity contribution in [3.63, 3.8) is 0 Å². The first-order valence-corrected chi connectivity index (χ1v) is 13.4. The summed E-state index contributed by atoms with van der Waals surface area (Å²) in [5, 5.41) is 16.1. The second kappa shape index (κ2) is 13.2. The third kappa shape index (κ3) is 7.19. The van der Waals surface area contributed by atoms with Gasteiger partial charge in [0.15, 0.2) is 0 Å². The standard InChI is InChI=1S/C30H37N7O4/c1-6-27(38)32-23-18-24(26(41-5)19-25(23)36(4)17-16-35(2)3)34-30-31-14-13-22(33-30)29(40)20-9-11-21(12-10-20)37-15-7-8-28(37)39/h6,9-14,18-19,28,39H,1,7-8,15-17H2,2-5H3,(H,32,38)(H,31,33,34). The summed E-state index contributed by atoms with van der Waals surface area (Å²) in [7, 11) is 7.48. The summed E-state index contributed by atoms with van der Waals surface area (Å²) in [5.41, 5.74) is 3.39. The van der Waals surface area contributed by atoms with Gasteiger partial charge in [-0.15, -0.1) is 0 Å². The number of amides is 1. The van der Waals surface area contributed by atoms with E-state index >= 15 is 0 Å². The fourth-order valence-electron chi connectivity index (χ4n) is 4.57. The van der Waals surface area contributed by atoms with Gasteiger partial charge in [0.2, 0.25) is 17.6 Å². The molecular formula is C30H37N7O4. The Bertz CT molecular complexity index is 1390.